The Hall–Kier alpha value is -1.31. The Labute approximate surface area is 121 Å². The van der Waals surface area contributed by atoms with Crippen LogP contribution < -0.4 is 5.56 Å². The zero-order valence-corrected chi connectivity index (χ0v) is 12.3. The lowest BCUT2D eigenvalue weighted by molar-refractivity contribution is 0.904. The van der Waals surface area contributed by atoms with Gasteiger partial charge in [-0.05, 0) is 6.92 Å². The number of aromatic nitrogens is 4. The minimum atomic E-state index is -0.143. The summed E-state index contributed by atoms with van der Waals surface area (Å²) in [5, 5.41) is 3.04. The Bertz CT molecular complexity index is 791. The van der Waals surface area contributed by atoms with Crippen LogP contribution >= 0.6 is 34.7 Å². The molecule has 0 bridgehead atoms. The van der Waals surface area contributed by atoms with E-state index in [1.54, 1.807) is 6.92 Å². The third-order valence-corrected chi connectivity index (χ3v) is 4.45. The highest BCUT2D eigenvalue weighted by molar-refractivity contribution is 7.98. The smallest absolute Gasteiger partial charge is 0.251 e. The second-order valence-electron chi connectivity index (χ2n) is 3.89. The molecule has 0 aromatic carbocycles. The van der Waals surface area contributed by atoms with Gasteiger partial charge in [0.2, 0.25) is 0 Å². The van der Waals surface area contributed by atoms with Gasteiger partial charge in [-0.2, -0.15) is 0 Å². The average Bonchev–Trinajstić information content (AvgIpc) is 2.86. The van der Waals surface area contributed by atoms with Crippen LogP contribution in [0, 0.1) is 6.92 Å². The quantitative estimate of drug-likeness (QED) is 0.596. The molecule has 0 unspecified atom stereocenters. The van der Waals surface area contributed by atoms with Crippen LogP contribution in [0.2, 0.25) is 5.15 Å². The molecule has 19 heavy (non-hydrogen) atoms. The lowest BCUT2D eigenvalue weighted by Gasteiger charge is -2.01. The molecule has 8 heteroatoms. The molecule has 0 saturated carbocycles. The van der Waals surface area contributed by atoms with Gasteiger partial charge in [0.05, 0.1) is 5.69 Å². The molecule has 1 N–H and O–H groups in total. The van der Waals surface area contributed by atoms with Gasteiger partial charge < -0.3 is 4.98 Å². The van der Waals surface area contributed by atoms with Gasteiger partial charge in [-0.25, -0.2) is 9.97 Å². The number of nitrogens with one attached hydrogen (secondary N) is 1. The van der Waals surface area contributed by atoms with Crippen molar-refractivity contribution in [1.82, 2.24) is 19.4 Å². The lowest BCUT2D eigenvalue weighted by Crippen LogP contribution is -2.08. The number of halogens is 1. The van der Waals surface area contributed by atoms with Gasteiger partial charge in [-0.1, -0.05) is 23.4 Å². The Morgan fingerprint density at radius 2 is 2.37 bits per heavy atom. The molecule has 0 radical (unpaired) electrons. The maximum Gasteiger partial charge on any atom is 0.251 e. The van der Waals surface area contributed by atoms with Gasteiger partial charge in [-0.3, -0.25) is 9.20 Å². The van der Waals surface area contributed by atoms with Crippen LogP contribution in [0.4, 0.5) is 0 Å². The van der Waals surface area contributed by atoms with E-state index in [9.17, 15) is 4.79 Å². The van der Waals surface area contributed by atoms with E-state index in [2.05, 4.69) is 15.0 Å². The molecule has 3 rings (SSSR count). The summed E-state index contributed by atoms with van der Waals surface area (Å²) in [6.07, 6.45) is 1.93. The fourth-order valence-corrected chi connectivity index (χ4v) is 3.72. The first kappa shape index (κ1) is 12.7. The molecular formula is C11H9ClN4OS2. The number of rotatable bonds is 3. The molecule has 0 amide bonds. The van der Waals surface area contributed by atoms with Crippen LogP contribution in [0.15, 0.2) is 27.6 Å². The van der Waals surface area contributed by atoms with Gasteiger partial charge in [0.25, 0.3) is 5.56 Å². The van der Waals surface area contributed by atoms with Crippen molar-refractivity contribution < 1.29 is 0 Å². The van der Waals surface area contributed by atoms with E-state index < -0.39 is 0 Å². The zero-order valence-electron chi connectivity index (χ0n) is 9.88. The molecule has 0 aliphatic rings. The zero-order chi connectivity index (χ0) is 13.4. The third-order valence-electron chi connectivity index (χ3n) is 2.51. The van der Waals surface area contributed by atoms with E-state index in [0.29, 0.717) is 21.8 Å². The van der Waals surface area contributed by atoms with E-state index in [0.717, 1.165) is 10.7 Å². The first-order chi connectivity index (χ1) is 9.13. The second kappa shape index (κ2) is 4.99. The number of hydrogen-bond donors (Lipinski definition) is 1. The molecule has 0 atom stereocenters. The standard InChI is InChI=1S/C11H9ClN4OS2/c1-6-4-8(17)14-10(13-6)19-5-7-9(12)15-11-16(7)2-3-18-11/h2-4H,5H2,1H3,(H,13,14,17). The number of thioether (sulfide) groups is 1. The monoisotopic (exact) mass is 312 g/mol. The fourth-order valence-electron chi connectivity index (χ4n) is 1.69. The minimum absolute atomic E-state index is 0.143. The normalized spacial score (nSPS) is 11.3. The molecule has 3 aromatic heterocycles. The van der Waals surface area contributed by atoms with Crippen molar-refractivity contribution in [2.45, 2.75) is 17.8 Å². The number of aryl methyl sites for hydroxylation is 1. The van der Waals surface area contributed by atoms with E-state index in [-0.39, 0.29) is 5.56 Å². The number of hydrogen-bond acceptors (Lipinski definition) is 5. The highest BCUT2D eigenvalue weighted by Gasteiger charge is 2.12. The van der Waals surface area contributed by atoms with Crippen molar-refractivity contribution >= 4 is 39.7 Å². The van der Waals surface area contributed by atoms with Crippen LogP contribution in [0.5, 0.6) is 0 Å². The third kappa shape index (κ3) is 2.54. The minimum Gasteiger partial charge on any atom is -0.301 e. The number of imidazole rings is 1. The highest BCUT2D eigenvalue weighted by Crippen LogP contribution is 2.26. The fraction of sp³-hybridized carbons (Fsp3) is 0.182. The molecule has 3 heterocycles. The van der Waals surface area contributed by atoms with Crippen molar-refractivity contribution in [3.8, 4) is 0 Å². The molecule has 0 spiro atoms. The SMILES string of the molecule is Cc1cc(=O)[nH]c(SCc2c(Cl)nc3sccn23)n1. The van der Waals surface area contributed by atoms with Crippen molar-refractivity contribution in [2.75, 3.05) is 0 Å². The van der Waals surface area contributed by atoms with Crippen molar-refractivity contribution in [1.29, 1.82) is 0 Å². The summed E-state index contributed by atoms with van der Waals surface area (Å²) in [5.74, 6) is 0.600. The van der Waals surface area contributed by atoms with Crippen molar-refractivity contribution in [3.63, 3.8) is 0 Å². The number of H-pyrrole nitrogens is 1. The summed E-state index contributed by atoms with van der Waals surface area (Å²) in [6, 6.07) is 1.47. The summed E-state index contributed by atoms with van der Waals surface area (Å²) in [5.41, 5.74) is 1.47. The van der Waals surface area contributed by atoms with E-state index in [1.165, 1.54) is 29.2 Å². The Balaban J connectivity index is 1.87. The molecule has 0 aliphatic heterocycles. The molecular weight excluding hydrogens is 304 g/mol. The van der Waals surface area contributed by atoms with Crippen LogP contribution in [-0.2, 0) is 5.75 Å². The predicted molar refractivity (Wildman–Crippen MR) is 77.2 cm³/mol. The van der Waals surface area contributed by atoms with Gasteiger partial charge in [0.1, 0.15) is 0 Å². The summed E-state index contributed by atoms with van der Waals surface area (Å²) in [6.45, 7) is 1.79. The molecule has 3 aromatic rings. The second-order valence-corrected chi connectivity index (χ2v) is 6.08. The highest BCUT2D eigenvalue weighted by atomic mass is 35.5. The van der Waals surface area contributed by atoms with Crippen molar-refractivity contribution in [3.05, 3.63) is 44.5 Å². The first-order valence-electron chi connectivity index (χ1n) is 5.44. The topological polar surface area (TPSA) is 63.0 Å². The summed E-state index contributed by atoms with van der Waals surface area (Å²) in [7, 11) is 0. The number of nitrogens with zero attached hydrogens (tertiary/aromatic N) is 3. The molecule has 5 nitrogen and oxygen atoms in total. The maximum atomic E-state index is 11.4. The van der Waals surface area contributed by atoms with Gasteiger partial charge >= 0.3 is 0 Å². The molecule has 98 valence electrons. The van der Waals surface area contributed by atoms with Crippen LogP contribution in [0.25, 0.3) is 4.96 Å². The summed E-state index contributed by atoms with van der Waals surface area (Å²) in [4.78, 5) is 23.5. The maximum absolute atomic E-state index is 11.4. The lowest BCUT2D eigenvalue weighted by atomic mass is 10.5. The number of aromatic amines is 1. The number of thiazole rings is 1. The number of fused-ring (bicyclic) bond motifs is 1. The summed E-state index contributed by atoms with van der Waals surface area (Å²) < 4.78 is 1.95. The van der Waals surface area contributed by atoms with E-state index >= 15 is 0 Å². The van der Waals surface area contributed by atoms with E-state index in [4.69, 9.17) is 11.6 Å². The van der Waals surface area contributed by atoms with Gasteiger partial charge in [-0.15, -0.1) is 11.3 Å². The van der Waals surface area contributed by atoms with Crippen LogP contribution in [0.1, 0.15) is 11.4 Å². The van der Waals surface area contributed by atoms with Gasteiger partial charge in [0, 0.05) is 29.1 Å². The largest absolute Gasteiger partial charge is 0.301 e. The van der Waals surface area contributed by atoms with Gasteiger partial charge in [0.15, 0.2) is 15.3 Å². The Kier molecular flexibility index (Phi) is 3.34. The molecule has 0 saturated heterocycles. The molecule has 0 aliphatic carbocycles. The van der Waals surface area contributed by atoms with Crippen molar-refractivity contribution in [2.24, 2.45) is 0 Å². The van der Waals surface area contributed by atoms with Crippen LogP contribution in [-0.4, -0.2) is 19.4 Å². The van der Waals surface area contributed by atoms with Crippen LogP contribution in [0.3, 0.4) is 0 Å². The molecule has 0 fully saturated rings. The first-order valence-corrected chi connectivity index (χ1v) is 7.68. The average molecular weight is 313 g/mol. The Morgan fingerprint density at radius 3 is 3.16 bits per heavy atom. The summed E-state index contributed by atoms with van der Waals surface area (Å²) >= 11 is 9.07. The Morgan fingerprint density at radius 1 is 1.53 bits per heavy atom. The predicted octanol–water partition coefficient (Wildman–Crippen LogP) is 2.73. The van der Waals surface area contributed by atoms with E-state index in [1.807, 2.05) is 16.0 Å².